The van der Waals surface area contributed by atoms with Crippen molar-refractivity contribution in [3.63, 3.8) is 0 Å². The zero-order valence-electron chi connectivity index (χ0n) is 23.3. The molecule has 2 saturated heterocycles. The highest BCUT2D eigenvalue weighted by molar-refractivity contribution is 6.31. The van der Waals surface area contributed by atoms with Crippen LogP contribution in [-0.2, 0) is 25.6 Å². The number of ether oxygens (including phenoxy) is 1. The molecule has 1 N–H and O–H groups in total. The number of benzene rings is 1. The predicted molar refractivity (Wildman–Crippen MR) is 147 cm³/mol. The lowest BCUT2D eigenvalue weighted by Gasteiger charge is -2.47. The molecule has 216 valence electrons. The van der Waals surface area contributed by atoms with Crippen molar-refractivity contribution in [3.05, 3.63) is 28.3 Å². The fraction of sp³-hybridized carbons (Fsp3) is 0.667. The highest BCUT2D eigenvalue weighted by Crippen LogP contribution is 2.56. The zero-order valence-corrected chi connectivity index (χ0v) is 24.0. The minimum Gasteiger partial charge on any atom is -0.488 e. The lowest BCUT2D eigenvalue weighted by molar-refractivity contribution is -0.165. The Morgan fingerprint density at radius 2 is 1.88 bits per heavy atom. The number of hydrogen-bond acceptors (Lipinski definition) is 5. The van der Waals surface area contributed by atoms with Crippen LogP contribution in [0, 0.1) is 16.7 Å². The Bertz CT molecular complexity index is 1260. The summed E-state index contributed by atoms with van der Waals surface area (Å²) in [5.74, 6) is -1.24. The molecule has 0 radical (unpaired) electrons. The van der Waals surface area contributed by atoms with Crippen LogP contribution in [0.3, 0.4) is 0 Å². The van der Waals surface area contributed by atoms with Gasteiger partial charge in [-0.25, -0.2) is 0 Å². The third-order valence-electron chi connectivity index (χ3n) is 10.2. The van der Waals surface area contributed by atoms with Gasteiger partial charge in [-0.3, -0.25) is 19.2 Å². The summed E-state index contributed by atoms with van der Waals surface area (Å²) in [5, 5.41) is 10.7. The molecule has 6 rings (SSSR count). The van der Waals surface area contributed by atoms with E-state index in [1.807, 2.05) is 11.0 Å². The molecule has 1 aromatic carbocycles. The largest absolute Gasteiger partial charge is 0.488 e. The van der Waals surface area contributed by atoms with Gasteiger partial charge in [0.25, 0.3) is 0 Å². The van der Waals surface area contributed by atoms with Crippen LogP contribution in [0.15, 0.2) is 12.1 Å². The quantitative estimate of drug-likeness (QED) is 0.572. The van der Waals surface area contributed by atoms with Gasteiger partial charge in [0.1, 0.15) is 18.0 Å². The molecule has 4 fully saturated rings. The number of carboxylic acid groups (broad SMARTS) is 1. The standard InChI is InChI=1S/C30H38ClN3O6/c1-18(35)32-13-8-19(16-32)40-23-7-6-22(31)20-9-14-33(27(37)21-5-3-4-10-29(21,2)28(38)39)26(25(20)23)34-17-30(11-12-30)15-24(34)36/h6-7,19,21,26H,3-5,8-17H2,1-2H3,(H,38,39)/t19?,21?,26?,29-/m0/s1. The summed E-state index contributed by atoms with van der Waals surface area (Å²) in [5.41, 5.74) is 0.410. The van der Waals surface area contributed by atoms with Crippen LogP contribution in [-0.4, -0.2) is 75.8 Å². The number of carboxylic acids is 1. The van der Waals surface area contributed by atoms with Crippen LogP contribution in [0.5, 0.6) is 5.75 Å². The first-order valence-corrected chi connectivity index (χ1v) is 15.0. The maximum atomic E-state index is 14.4. The fourth-order valence-corrected chi connectivity index (χ4v) is 7.72. The van der Waals surface area contributed by atoms with Gasteiger partial charge in [-0.1, -0.05) is 24.4 Å². The Morgan fingerprint density at radius 1 is 1.10 bits per heavy atom. The highest BCUT2D eigenvalue weighted by Gasteiger charge is 2.57. The Morgan fingerprint density at radius 3 is 2.52 bits per heavy atom. The fourth-order valence-electron chi connectivity index (χ4n) is 7.46. The number of likely N-dealkylation sites (tertiary alicyclic amines) is 2. The van der Waals surface area contributed by atoms with Crippen LogP contribution in [0.4, 0.5) is 0 Å². The lowest BCUT2D eigenvalue weighted by atomic mass is 9.66. The molecular formula is C30H38ClN3O6. The molecule has 40 heavy (non-hydrogen) atoms. The molecule has 4 atom stereocenters. The van der Waals surface area contributed by atoms with Crippen molar-refractivity contribution in [1.29, 1.82) is 0 Å². The van der Waals surface area contributed by atoms with Crippen molar-refractivity contribution in [2.24, 2.45) is 16.7 Å². The average molecular weight is 572 g/mol. The molecule has 1 spiro atoms. The first-order chi connectivity index (χ1) is 19.0. The van der Waals surface area contributed by atoms with Crippen LogP contribution >= 0.6 is 11.6 Å². The number of rotatable bonds is 5. The molecule has 2 aliphatic carbocycles. The van der Waals surface area contributed by atoms with E-state index in [0.717, 1.165) is 36.8 Å². The van der Waals surface area contributed by atoms with Gasteiger partial charge in [0, 0.05) is 50.0 Å². The normalized spacial score (nSPS) is 30.9. The molecule has 3 unspecified atom stereocenters. The van der Waals surface area contributed by atoms with Gasteiger partial charge >= 0.3 is 5.97 Å². The molecule has 3 heterocycles. The summed E-state index contributed by atoms with van der Waals surface area (Å²) in [6.07, 6.45) is 5.25. The number of halogens is 1. The van der Waals surface area contributed by atoms with E-state index in [1.165, 1.54) is 0 Å². The van der Waals surface area contributed by atoms with E-state index >= 15 is 0 Å². The summed E-state index contributed by atoms with van der Waals surface area (Å²) < 4.78 is 6.53. The lowest BCUT2D eigenvalue weighted by Crippen LogP contribution is -2.54. The van der Waals surface area contributed by atoms with E-state index in [9.17, 15) is 24.3 Å². The Labute approximate surface area is 239 Å². The van der Waals surface area contributed by atoms with Crippen LogP contribution < -0.4 is 4.74 Å². The second kappa shape index (κ2) is 9.93. The van der Waals surface area contributed by atoms with E-state index in [1.54, 1.807) is 29.7 Å². The van der Waals surface area contributed by atoms with Gasteiger partial charge < -0.3 is 24.5 Å². The minimum absolute atomic E-state index is 0.00485. The third-order valence-corrected chi connectivity index (χ3v) is 10.5. The predicted octanol–water partition coefficient (Wildman–Crippen LogP) is 4.02. The SMILES string of the molecule is CC(=O)N1CCC(Oc2ccc(Cl)c3c2C(N2CC4(CC4)CC2=O)N(C(=O)C2CCCC[C@]2(C)C(=O)O)CC3)C1. The van der Waals surface area contributed by atoms with E-state index in [4.69, 9.17) is 16.3 Å². The van der Waals surface area contributed by atoms with Crippen molar-refractivity contribution in [3.8, 4) is 5.75 Å². The Balaban J connectivity index is 1.41. The maximum Gasteiger partial charge on any atom is 0.310 e. The summed E-state index contributed by atoms with van der Waals surface area (Å²) in [4.78, 5) is 57.6. The molecular weight excluding hydrogens is 534 g/mol. The first-order valence-electron chi connectivity index (χ1n) is 14.6. The van der Waals surface area contributed by atoms with Crippen molar-refractivity contribution in [1.82, 2.24) is 14.7 Å². The average Bonchev–Trinajstić information content (AvgIpc) is 3.35. The number of amides is 3. The van der Waals surface area contributed by atoms with E-state index < -0.39 is 23.5 Å². The first kappa shape index (κ1) is 27.4. The van der Waals surface area contributed by atoms with Crippen molar-refractivity contribution < 1.29 is 29.0 Å². The smallest absolute Gasteiger partial charge is 0.310 e. The van der Waals surface area contributed by atoms with E-state index in [2.05, 4.69) is 0 Å². The van der Waals surface area contributed by atoms with Gasteiger partial charge in [0.15, 0.2) is 0 Å². The van der Waals surface area contributed by atoms with Gasteiger partial charge in [0.2, 0.25) is 17.7 Å². The molecule has 9 nitrogen and oxygen atoms in total. The second-order valence-electron chi connectivity index (χ2n) is 12.8. The van der Waals surface area contributed by atoms with Crippen molar-refractivity contribution >= 4 is 35.3 Å². The zero-order chi connectivity index (χ0) is 28.4. The molecule has 5 aliphatic rings. The Kier molecular flexibility index (Phi) is 6.79. The van der Waals surface area contributed by atoms with E-state index in [-0.39, 0.29) is 29.2 Å². The topological polar surface area (TPSA) is 107 Å². The monoisotopic (exact) mass is 571 g/mol. The molecule has 0 aromatic heterocycles. The summed E-state index contributed by atoms with van der Waals surface area (Å²) >= 11 is 6.74. The van der Waals surface area contributed by atoms with Crippen LogP contribution in [0.25, 0.3) is 0 Å². The van der Waals surface area contributed by atoms with E-state index in [0.29, 0.717) is 69.1 Å². The van der Waals surface area contributed by atoms with Gasteiger partial charge in [-0.2, -0.15) is 0 Å². The molecule has 3 aliphatic heterocycles. The van der Waals surface area contributed by atoms with Gasteiger partial charge in [-0.05, 0) is 62.1 Å². The highest BCUT2D eigenvalue weighted by atomic mass is 35.5. The minimum atomic E-state index is -1.15. The number of hydrogen-bond donors (Lipinski definition) is 1. The number of carbonyl (C=O) groups excluding carboxylic acids is 3. The number of aliphatic carboxylic acids is 1. The third kappa shape index (κ3) is 4.54. The van der Waals surface area contributed by atoms with Gasteiger partial charge in [-0.15, -0.1) is 0 Å². The summed E-state index contributed by atoms with van der Waals surface area (Å²) in [7, 11) is 0. The maximum absolute atomic E-state index is 14.4. The summed E-state index contributed by atoms with van der Waals surface area (Å²) in [6.45, 7) is 5.25. The molecule has 3 amide bonds. The number of nitrogens with zero attached hydrogens (tertiary/aromatic N) is 3. The molecule has 10 heteroatoms. The Hall–Kier alpha value is -2.81. The van der Waals surface area contributed by atoms with Gasteiger partial charge in [0.05, 0.1) is 17.9 Å². The summed E-state index contributed by atoms with van der Waals surface area (Å²) in [6, 6.07) is 3.62. The van der Waals surface area contributed by atoms with Crippen LogP contribution in [0.1, 0.15) is 82.5 Å². The number of fused-ring (bicyclic) bond motifs is 1. The molecule has 1 aromatic rings. The molecule has 0 bridgehead atoms. The van der Waals surface area contributed by atoms with Crippen molar-refractivity contribution in [2.75, 3.05) is 26.2 Å². The number of carbonyl (C=O) groups is 4. The second-order valence-corrected chi connectivity index (χ2v) is 13.2. The van der Waals surface area contributed by atoms with Crippen molar-refractivity contribution in [2.45, 2.75) is 83.9 Å². The van der Waals surface area contributed by atoms with Crippen LogP contribution in [0.2, 0.25) is 5.02 Å². The molecule has 2 saturated carbocycles.